The number of carbonyl (C=O) groups is 2. The molecule has 0 unspecified atom stereocenters. The van der Waals surface area contributed by atoms with Gasteiger partial charge in [0.2, 0.25) is 0 Å². The van der Waals surface area contributed by atoms with Crippen molar-refractivity contribution in [3.05, 3.63) is 41.6 Å². The third-order valence-electron chi connectivity index (χ3n) is 4.58. The highest BCUT2D eigenvalue weighted by Gasteiger charge is 2.57. The Balaban J connectivity index is 2.13. The lowest BCUT2D eigenvalue weighted by molar-refractivity contribution is -0.238. The molecule has 1 atom stereocenters. The third kappa shape index (κ3) is 5.91. The van der Waals surface area contributed by atoms with Gasteiger partial charge in [-0.2, -0.15) is 27.1 Å². The van der Waals surface area contributed by atoms with E-state index in [0.29, 0.717) is 13.8 Å². The van der Waals surface area contributed by atoms with Gasteiger partial charge < -0.3 is 10.5 Å². The molecule has 0 radical (unpaired) electrons. The Morgan fingerprint density at radius 3 is 2.21 bits per heavy atom. The molecule has 0 bridgehead atoms. The maximum atomic E-state index is 14.4. The minimum atomic E-state index is -4.98. The second kappa shape index (κ2) is 9.64. The van der Waals surface area contributed by atoms with E-state index in [4.69, 9.17) is 5.73 Å². The van der Waals surface area contributed by atoms with Crippen LogP contribution in [0.5, 0.6) is 0 Å². The zero-order valence-electron chi connectivity index (χ0n) is 17.0. The number of benzene rings is 1. The second-order valence-electron chi connectivity index (χ2n) is 7.26. The molecule has 0 aliphatic rings. The number of hydrazine groups is 1. The number of ether oxygens (including phenoxy) is 1. The summed E-state index contributed by atoms with van der Waals surface area (Å²) in [5, 5.41) is 3.48. The summed E-state index contributed by atoms with van der Waals surface area (Å²) in [6.45, 7) is -2.50. The topological polar surface area (TPSA) is 111 Å². The van der Waals surface area contributed by atoms with E-state index < -0.39 is 60.0 Å². The normalized spacial score (nSPS) is 13.2. The molecule has 8 nitrogen and oxygen atoms in total. The molecule has 2 rings (SSSR count). The van der Waals surface area contributed by atoms with E-state index in [1.54, 1.807) is 5.43 Å². The van der Waals surface area contributed by atoms with Gasteiger partial charge in [0.25, 0.3) is 5.91 Å². The van der Waals surface area contributed by atoms with Crippen molar-refractivity contribution in [2.45, 2.75) is 39.2 Å². The number of carbonyl (C=O) groups excluding carboxylic acids is 2. The van der Waals surface area contributed by atoms with Gasteiger partial charge in [-0.05, 0) is 32.0 Å². The quantitative estimate of drug-likeness (QED) is 0.392. The molecule has 15 heteroatoms. The van der Waals surface area contributed by atoms with Crippen LogP contribution in [-0.4, -0.2) is 34.1 Å². The Kier molecular flexibility index (Phi) is 7.57. The molecule has 1 aromatic carbocycles. The summed E-state index contributed by atoms with van der Waals surface area (Å²) in [6, 6.07) is 2.71. The van der Waals surface area contributed by atoms with Gasteiger partial charge in [-0.15, -0.1) is 0 Å². The van der Waals surface area contributed by atoms with Crippen LogP contribution in [0.25, 0.3) is 11.3 Å². The molecule has 33 heavy (non-hydrogen) atoms. The summed E-state index contributed by atoms with van der Waals surface area (Å²) in [7, 11) is 0. The van der Waals surface area contributed by atoms with Gasteiger partial charge >= 0.3 is 18.8 Å². The smallest absolute Gasteiger partial charge is 0.405 e. The maximum absolute atomic E-state index is 14.4. The number of hydrogen-bond acceptors (Lipinski definition) is 5. The number of aromatic nitrogens is 2. The number of halogens is 7. The van der Waals surface area contributed by atoms with E-state index in [-0.39, 0.29) is 15.9 Å². The molecule has 1 heterocycles. The first-order valence-corrected chi connectivity index (χ1v) is 9.02. The number of nitrogens with two attached hydrogens (primary N) is 1. The first-order valence-electron chi connectivity index (χ1n) is 9.02. The van der Waals surface area contributed by atoms with E-state index in [0.717, 1.165) is 24.4 Å². The molecule has 0 saturated heterocycles. The molecular weight excluding hydrogens is 467 g/mol. The van der Waals surface area contributed by atoms with Gasteiger partial charge in [-0.1, -0.05) is 0 Å². The molecule has 4 N–H and O–H groups in total. The summed E-state index contributed by atoms with van der Waals surface area (Å²) < 4.78 is 98.2. The van der Waals surface area contributed by atoms with Crippen LogP contribution in [0.15, 0.2) is 24.4 Å². The highest BCUT2D eigenvalue weighted by Crippen LogP contribution is 2.41. The summed E-state index contributed by atoms with van der Waals surface area (Å²) in [6.07, 6.45) is -8.12. The van der Waals surface area contributed by atoms with E-state index in [1.807, 2.05) is 5.43 Å². The number of alkyl halides is 5. The molecule has 0 fully saturated rings. The van der Waals surface area contributed by atoms with E-state index in [2.05, 4.69) is 9.84 Å². The standard InChI is InChI=1S/C18H18F7N5O3/c1-17(2,18(23,24)25)13(33-16(26)32)14(31)28-27-7-9-10(19)5-8(6-11(9)20)12-3-4-30(29-12)15(21)22/h3-6,13,15,27H,7H2,1-2H3,(H2,26,32)(H,28,31)/t13-/m1/s1. The Labute approximate surface area is 181 Å². The van der Waals surface area contributed by atoms with Crippen LogP contribution in [0.1, 0.15) is 26.0 Å². The molecule has 0 aliphatic carbocycles. The molecule has 2 aromatic rings. The Bertz CT molecular complexity index is 1000. The van der Waals surface area contributed by atoms with Crippen LogP contribution >= 0.6 is 0 Å². The van der Waals surface area contributed by atoms with Gasteiger partial charge in [-0.25, -0.2) is 23.7 Å². The summed E-state index contributed by atoms with van der Waals surface area (Å²) in [5.74, 6) is -3.79. The van der Waals surface area contributed by atoms with Crippen LogP contribution in [-0.2, 0) is 16.1 Å². The molecule has 0 aliphatic heterocycles. The number of primary amides is 1. The summed E-state index contributed by atoms with van der Waals surface area (Å²) in [5.41, 5.74) is 4.78. The van der Waals surface area contributed by atoms with Crippen molar-refractivity contribution in [2.24, 2.45) is 11.1 Å². The molecule has 2 amide bonds. The molecule has 0 saturated carbocycles. The van der Waals surface area contributed by atoms with Gasteiger partial charge in [-0.3, -0.25) is 10.2 Å². The fourth-order valence-electron chi connectivity index (χ4n) is 2.60. The van der Waals surface area contributed by atoms with Gasteiger partial charge in [0.05, 0.1) is 5.69 Å². The second-order valence-corrected chi connectivity index (χ2v) is 7.26. The van der Waals surface area contributed by atoms with E-state index in [1.165, 1.54) is 0 Å². The van der Waals surface area contributed by atoms with Crippen LogP contribution in [0.2, 0.25) is 0 Å². The first-order chi connectivity index (χ1) is 15.1. The average molecular weight is 485 g/mol. The average Bonchev–Trinajstić information content (AvgIpc) is 3.17. The highest BCUT2D eigenvalue weighted by molar-refractivity contribution is 5.83. The van der Waals surface area contributed by atoms with Gasteiger partial charge in [0.15, 0.2) is 6.10 Å². The van der Waals surface area contributed by atoms with Gasteiger partial charge in [0, 0.05) is 23.9 Å². The van der Waals surface area contributed by atoms with E-state index in [9.17, 15) is 40.3 Å². The summed E-state index contributed by atoms with van der Waals surface area (Å²) >= 11 is 0. The van der Waals surface area contributed by atoms with Crippen molar-refractivity contribution < 1.29 is 45.1 Å². The molecule has 0 spiro atoms. The largest absolute Gasteiger partial charge is 0.435 e. The molecule has 1 aromatic heterocycles. The number of nitrogens with zero attached hydrogens (tertiary/aromatic N) is 2. The highest BCUT2D eigenvalue weighted by atomic mass is 19.4. The molecule has 182 valence electrons. The fourth-order valence-corrected chi connectivity index (χ4v) is 2.60. The SMILES string of the molecule is CC(C)([C@H](OC(N)=O)C(=O)NNCc1c(F)cc(-c2ccn(C(F)F)n2)cc1F)C(F)(F)F. The zero-order chi connectivity index (χ0) is 25.1. The van der Waals surface area contributed by atoms with Crippen molar-refractivity contribution in [3.8, 4) is 11.3 Å². The van der Waals surface area contributed by atoms with Crippen LogP contribution < -0.4 is 16.6 Å². The number of rotatable bonds is 8. The first kappa shape index (κ1) is 25.9. The van der Waals surface area contributed by atoms with E-state index >= 15 is 0 Å². The van der Waals surface area contributed by atoms with Crippen molar-refractivity contribution in [2.75, 3.05) is 0 Å². The Hall–Kier alpha value is -3.36. The van der Waals surface area contributed by atoms with Crippen LogP contribution in [0, 0.1) is 17.0 Å². The minimum Gasteiger partial charge on any atom is -0.435 e. The zero-order valence-corrected chi connectivity index (χ0v) is 17.0. The van der Waals surface area contributed by atoms with Crippen LogP contribution in [0.4, 0.5) is 35.5 Å². The van der Waals surface area contributed by atoms with Crippen molar-refractivity contribution in [3.63, 3.8) is 0 Å². The Morgan fingerprint density at radius 2 is 1.76 bits per heavy atom. The number of hydrogen-bond donors (Lipinski definition) is 3. The number of nitrogens with one attached hydrogen (secondary N) is 2. The van der Waals surface area contributed by atoms with Crippen LogP contribution in [0.3, 0.4) is 0 Å². The Morgan fingerprint density at radius 1 is 1.18 bits per heavy atom. The predicted molar refractivity (Wildman–Crippen MR) is 98.1 cm³/mol. The lowest BCUT2D eigenvalue weighted by Crippen LogP contribution is -2.55. The monoisotopic (exact) mass is 485 g/mol. The third-order valence-corrected chi connectivity index (χ3v) is 4.58. The number of amides is 2. The fraction of sp³-hybridized carbons (Fsp3) is 0.389. The van der Waals surface area contributed by atoms with Crippen molar-refractivity contribution >= 4 is 12.0 Å². The molecular formula is C18H18F7N5O3. The summed E-state index contributed by atoms with van der Waals surface area (Å²) in [4.78, 5) is 23.1. The minimum absolute atomic E-state index is 0.137. The maximum Gasteiger partial charge on any atom is 0.405 e. The van der Waals surface area contributed by atoms with Crippen molar-refractivity contribution in [1.29, 1.82) is 0 Å². The van der Waals surface area contributed by atoms with Crippen molar-refractivity contribution in [1.82, 2.24) is 20.6 Å². The lowest BCUT2D eigenvalue weighted by atomic mass is 9.85. The lowest BCUT2D eigenvalue weighted by Gasteiger charge is -2.33. The predicted octanol–water partition coefficient (Wildman–Crippen LogP) is 3.40. The van der Waals surface area contributed by atoms with Gasteiger partial charge in [0.1, 0.15) is 17.0 Å².